The molecule has 8 heteroatoms. The summed E-state index contributed by atoms with van der Waals surface area (Å²) in [5, 5.41) is 10.9. The zero-order valence-electron chi connectivity index (χ0n) is 15.9. The van der Waals surface area contributed by atoms with Gasteiger partial charge in [-0.3, -0.25) is 9.80 Å². The van der Waals surface area contributed by atoms with E-state index in [0.29, 0.717) is 12.3 Å². The van der Waals surface area contributed by atoms with E-state index in [4.69, 9.17) is 16.3 Å². The first kappa shape index (κ1) is 21.9. The lowest BCUT2D eigenvalue weighted by molar-refractivity contribution is -0.137. The first-order valence-electron chi connectivity index (χ1n) is 9.47. The molecule has 3 rings (SSSR count). The van der Waals surface area contributed by atoms with Gasteiger partial charge in [-0.25, -0.2) is 0 Å². The van der Waals surface area contributed by atoms with Crippen molar-refractivity contribution < 1.29 is 23.0 Å². The van der Waals surface area contributed by atoms with E-state index in [1.807, 2.05) is 18.2 Å². The largest absolute Gasteiger partial charge is 0.491 e. The van der Waals surface area contributed by atoms with E-state index in [1.165, 1.54) is 17.7 Å². The van der Waals surface area contributed by atoms with Crippen LogP contribution < -0.4 is 4.74 Å². The molecule has 1 saturated heterocycles. The van der Waals surface area contributed by atoms with Crippen LogP contribution in [-0.2, 0) is 12.7 Å². The third-order valence-corrected chi connectivity index (χ3v) is 5.09. The number of benzene rings is 2. The molecule has 2 aromatic carbocycles. The Balaban J connectivity index is 1.38. The van der Waals surface area contributed by atoms with Crippen LogP contribution in [0.1, 0.15) is 11.1 Å². The van der Waals surface area contributed by atoms with Gasteiger partial charge >= 0.3 is 6.18 Å². The van der Waals surface area contributed by atoms with E-state index in [1.54, 1.807) is 0 Å². The minimum absolute atomic E-state index is 0.0358. The number of rotatable bonds is 7. The highest BCUT2D eigenvalue weighted by atomic mass is 35.5. The first-order valence-corrected chi connectivity index (χ1v) is 9.85. The van der Waals surface area contributed by atoms with Crippen molar-refractivity contribution in [2.45, 2.75) is 18.8 Å². The van der Waals surface area contributed by atoms with Gasteiger partial charge in [0.15, 0.2) is 0 Å². The summed E-state index contributed by atoms with van der Waals surface area (Å²) < 4.78 is 43.1. The quantitative estimate of drug-likeness (QED) is 0.725. The van der Waals surface area contributed by atoms with Crippen molar-refractivity contribution in [1.29, 1.82) is 0 Å². The minimum Gasteiger partial charge on any atom is -0.491 e. The highest BCUT2D eigenvalue weighted by Crippen LogP contribution is 2.30. The summed E-state index contributed by atoms with van der Waals surface area (Å²) in [6.45, 7) is 4.78. The number of β-amino-alcohol motifs (C(OH)–C–C–N with tert-alkyl or cyclic N) is 1. The van der Waals surface area contributed by atoms with Crippen LogP contribution in [0.4, 0.5) is 13.2 Å². The fourth-order valence-electron chi connectivity index (χ4n) is 3.31. The van der Waals surface area contributed by atoms with Crippen LogP contribution in [0.2, 0.25) is 5.02 Å². The van der Waals surface area contributed by atoms with Crippen molar-refractivity contribution in [2.75, 3.05) is 39.3 Å². The summed E-state index contributed by atoms with van der Waals surface area (Å²) in [4.78, 5) is 4.50. The molecule has 0 saturated carbocycles. The van der Waals surface area contributed by atoms with Gasteiger partial charge in [0.2, 0.25) is 0 Å². The number of piperazine rings is 1. The van der Waals surface area contributed by atoms with Gasteiger partial charge in [-0.15, -0.1) is 0 Å². The molecule has 1 aliphatic rings. The van der Waals surface area contributed by atoms with Crippen LogP contribution in [0.5, 0.6) is 5.75 Å². The summed E-state index contributed by atoms with van der Waals surface area (Å²) in [5.41, 5.74) is 0.456. The average Bonchev–Trinajstić information content (AvgIpc) is 2.68. The van der Waals surface area contributed by atoms with Crippen LogP contribution >= 0.6 is 11.6 Å². The van der Waals surface area contributed by atoms with Crippen LogP contribution in [0, 0.1) is 0 Å². The summed E-state index contributed by atoms with van der Waals surface area (Å²) in [6.07, 6.45) is -5.08. The lowest BCUT2D eigenvalue weighted by atomic mass is 10.2. The molecule has 1 atom stereocenters. The Bertz CT molecular complexity index is 778. The molecular weight excluding hydrogens is 405 g/mol. The molecule has 2 aromatic rings. The maximum atomic E-state index is 12.6. The normalized spacial score (nSPS) is 17.3. The maximum Gasteiger partial charge on any atom is 0.416 e. The van der Waals surface area contributed by atoms with E-state index in [0.717, 1.165) is 49.9 Å². The van der Waals surface area contributed by atoms with Gasteiger partial charge in [-0.2, -0.15) is 13.2 Å². The number of hydrogen-bond donors (Lipinski definition) is 1. The number of halogens is 4. The van der Waals surface area contributed by atoms with E-state index < -0.39 is 17.8 Å². The monoisotopic (exact) mass is 428 g/mol. The van der Waals surface area contributed by atoms with Gasteiger partial charge in [-0.05, 0) is 42.0 Å². The molecule has 0 amide bonds. The third-order valence-electron chi connectivity index (χ3n) is 4.85. The van der Waals surface area contributed by atoms with Crippen LogP contribution in [0.3, 0.4) is 0 Å². The second kappa shape index (κ2) is 9.80. The Kier molecular flexibility index (Phi) is 7.40. The molecule has 1 heterocycles. The van der Waals surface area contributed by atoms with Crippen molar-refractivity contribution in [3.63, 3.8) is 0 Å². The molecule has 1 N–H and O–H groups in total. The SMILES string of the molecule is O[C@H](COc1ccc(C(F)(F)F)cc1)CN1CCN(Cc2cccc(Cl)c2)CC1. The average molecular weight is 429 g/mol. The maximum absolute atomic E-state index is 12.6. The minimum atomic E-state index is -4.37. The molecule has 0 aromatic heterocycles. The Morgan fingerprint density at radius 1 is 1.00 bits per heavy atom. The molecule has 0 radical (unpaired) electrons. The molecule has 4 nitrogen and oxygen atoms in total. The zero-order valence-corrected chi connectivity index (χ0v) is 16.7. The van der Waals surface area contributed by atoms with Crippen molar-refractivity contribution in [3.05, 3.63) is 64.7 Å². The first-order chi connectivity index (χ1) is 13.8. The Morgan fingerprint density at radius 2 is 1.66 bits per heavy atom. The molecule has 1 fully saturated rings. The van der Waals surface area contributed by atoms with E-state index >= 15 is 0 Å². The molecule has 29 heavy (non-hydrogen) atoms. The van der Waals surface area contributed by atoms with Crippen LogP contribution in [-0.4, -0.2) is 60.3 Å². The molecule has 0 bridgehead atoms. The molecule has 0 aliphatic carbocycles. The van der Waals surface area contributed by atoms with Gasteiger partial charge in [0.1, 0.15) is 18.5 Å². The van der Waals surface area contributed by atoms with E-state index in [9.17, 15) is 18.3 Å². The Labute approximate surface area is 173 Å². The summed E-state index contributed by atoms with van der Waals surface area (Å²) >= 11 is 6.03. The van der Waals surface area contributed by atoms with E-state index in [2.05, 4.69) is 15.9 Å². The van der Waals surface area contributed by atoms with Gasteiger partial charge in [0.05, 0.1) is 5.56 Å². The van der Waals surface area contributed by atoms with E-state index in [-0.39, 0.29) is 6.61 Å². The lowest BCUT2D eigenvalue weighted by Crippen LogP contribution is -2.48. The number of nitrogens with zero attached hydrogens (tertiary/aromatic N) is 2. The second-order valence-corrected chi connectivity index (χ2v) is 7.63. The molecule has 1 aliphatic heterocycles. The molecule has 0 spiro atoms. The van der Waals surface area contributed by atoms with Crippen LogP contribution in [0.15, 0.2) is 48.5 Å². The van der Waals surface area contributed by atoms with Gasteiger partial charge < -0.3 is 9.84 Å². The predicted octanol–water partition coefficient (Wildman–Crippen LogP) is 3.92. The lowest BCUT2D eigenvalue weighted by Gasteiger charge is -2.35. The van der Waals surface area contributed by atoms with Crippen molar-refractivity contribution >= 4 is 11.6 Å². The summed E-state index contributed by atoms with van der Waals surface area (Å²) in [7, 11) is 0. The highest BCUT2D eigenvalue weighted by molar-refractivity contribution is 6.30. The topological polar surface area (TPSA) is 35.9 Å². The Morgan fingerprint density at radius 3 is 2.28 bits per heavy atom. The smallest absolute Gasteiger partial charge is 0.416 e. The number of aliphatic hydroxyl groups is 1. The van der Waals surface area contributed by atoms with Crippen molar-refractivity contribution in [3.8, 4) is 5.75 Å². The molecule has 158 valence electrons. The summed E-state index contributed by atoms with van der Waals surface area (Å²) in [6, 6.07) is 12.3. The second-order valence-electron chi connectivity index (χ2n) is 7.19. The number of alkyl halides is 3. The number of aliphatic hydroxyl groups excluding tert-OH is 1. The predicted molar refractivity (Wildman–Crippen MR) is 106 cm³/mol. The van der Waals surface area contributed by atoms with Crippen molar-refractivity contribution in [1.82, 2.24) is 9.80 Å². The standard InChI is InChI=1S/C21H24ClF3N2O2/c22-18-3-1-2-16(12-18)13-26-8-10-27(11-9-26)14-19(28)15-29-20-6-4-17(5-7-20)21(23,24)25/h1-7,12,19,28H,8-11,13-15H2/t19-/m0/s1. The van der Waals surface area contributed by atoms with Gasteiger partial charge in [0, 0.05) is 44.3 Å². The molecular formula is C21H24ClF3N2O2. The van der Waals surface area contributed by atoms with Gasteiger partial charge in [-0.1, -0.05) is 23.7 Å². The van der Waals surface area contributed by atoms with Crippen molar-refractivity contribution in [2.24, 2.45) is 0 Å². The number of ether oxygens (including phenoxy) is 1. The third kappa shape index (κ3) is 6.89. The Hall–Kier alpha value is -1.80. The van der Waals surface area contributed by atoms with Gasteiger partial charge in [0.25, 0.3) is 0 Å². The fraction of sp³-hybridized carbons (Fsp3) is 0.429. The summed E-state index contributed by atoms with van der Waals surface area (Å²) in [5.74, 6) is 0.309. The number of hydrogen-bond acceptors (Lipinski definition) is 4. The molecule has 0 unspecified atom stereocenters. The fourth-order valence-corrected chi connectivity index (χ4v) is 3.52. The highest BCUT2D eigenvalue weighted by Gasteiger charge is 2.30. The van der Waals surface area contributed by atoms with Crippen LogP contribution in [0.25, 0.3) is 0 Å². The zero-order chi connectivity index (χ0) is 20.9.